The molecule has 12 heteroatoms. The molecule has 2 saturated heterocycles. The number of hydrogen-bond donors (Lipinski definition) is 1. The average Bonchev–Trinajstić information content (AvgIpc) is 3.45. The van der Waals surface area contributed by atoms with E-state index < -0.39 is 11.5 Å². The molecule has 1 N–H and O–H groups in total. The Kier molecular flexibility index (Phi) is 7.96. The number of aromatic nitrogens is 4. The minimum atomic E-state index is -1.14. The van der Waals surface area contributed by atoms with E-state index in [4.69, 9.17) is 21.3 Å². The molecule has 6 rings (SSSR count). The maximum atomic E-state index is 16.8. The summed E-state index contributed by atoms with van der Waals surface area (Å²) in [5.41, 5.74) is 1.42. The number of anilines is 1. The molecular formula is C32H36ClF2N7O2. The number of carbonyl (C=O) groups is 1. The highest BCUT2D eigenvalue weighted by atomic mass is 35.5. The summed E-state index contributed by atoms with van der Waals surface area (Å²) in [7, 11) is 0. The molecule has 2 aromatic heterocycles. The van der Waals surface area contributed by atoms with Gasteiger partial charge in [-0.15, -0.1) is 0 Å². The van der Waals surface area contributed by atoms with Crippen LogP contribution in [-0.4, -0.2) is 93.0 Å². The van der Waals surface area contributed by atoms with Crippen molar-refractivity contribution in [1.29, 1.82) is 0 Å². The molecule has 0 aliphatic carbocycles. The molecule has 2 aliphatic heterocycles. The summed E-state index contributed by atoms with van der Waals surface area (Å²) in [6.45, 7) is 13.7. The number of fused-ring (bicyclic) bond motifs is 2. The maximum Gasteiger partial charge on any atom is 0.319 e. The van der Waals surface area contributed by atoms with Crippen molar-refractivity contribution in [2.24, 2.45) is 0 Å². The van der Waals surface area contributed by atoms with Crippen LogP contribution in [0.5, 0.6) is 6.01 Å². The van der Waals surface area contributed by atoms with E-state index in [1.165, 1.54) is 6.08 Å². The second-order valence-corrected chi connectivity index (χ2v) is 12.6. The van der Waals surface area contributed by atoms with E-state index in [0.29, 0.717) is 55.9 Å². The van der Waals surface area contributed by atoms with Gasteiger partial charge in [0.05, 0.1) is 23.3 Å². The third kappa shape index (κ3) is 5.47. The smallest absolute Gasteiger partial charge is 0.319 e. The van der Waals surface area contributed by atoms with E-state index in [1.807, 2.05) is 42.7 Å². The highest BCUT2D eigenvalue weighted by molar-refractivity contribution is 6.35. The molecule has 1 amide bonds. The summed E-state index contributed by atoms with van der Waals surface area (Å²) in [6.07, 6.45) is 3.62. The highest BCUT2D eigenvalue weighted by Crippen LogP contribution is 2.42. The summed E-state index contributed by atoms with van der Waals surface area (Å²) in [4.78, 5) is 27.7. The summed E-state index contributed by atoms with van der Waals surface area (Å²) >= 11 is 6.88. The summed E-state index contributed by atoms with van der Waals surface area (Å²) in [5, 5.41) is 8.51. The number of H-pyrrole nitrogens is 1. The number of amides is 1. The molecule has 4 heterocycles. The Morgan fingerprint density at radius 3 is 2.70 bits per heavy atom. The number of carbonyl (C=O) groups excluding carboxylic acids is 1. The first-order chi connectivity index (χ1) is 21.0. The lowest BCUT2D eigenvalue weighted by Gasteiger charge is -2.44. The van der Waals surface area contributed by atoms with Crippen LogP contribution >= 0.6 is 11.6 Å². The van der Waals surface area contributed by atoms with Crippen LogP contribution in [0, 0.1) is 12.7 Å². The minimum absolute atomic E-state index is 0.0429. The molecule has 2 aromatic carbocycles. The zero-order valence-electron chi connectivity index (χ0n) is 25.3. The predicted molar refractivity (Wildman–Crippen MR) is 169 cm³/mol. The van der Waals surface area contributed by atoms with Crippen LogP contribution in [0.4, 0.5) is 14.6 Å². The number of hydrogen-bond acceptors (Lipinski definition) is 7. The molecule has 0 unspecified atom stereocenters. The van der Waals surface area contributed by atoms with Gasteiger partial charge in [-0.05, 0) is 57.9 Å². The molecule has 2 fully saturated rings. The molecule has 0 bridgehead atoms. The van der Waals surface area contributed by atoms with Crippen LogP contribution in [-0.2, 0) is 4.79 Å². The van der Waals surface area contributed by atoms with E-state index >= 15 is 4.39 Å². The number of rotatable bonds is 8. The lowest BCUT2D eigenvalue weighted by atomic mass is 9.95. The largest absolute Gasteiger partial charge is 0.463 e. The number of aryl methyl sites for hydroxylation is 1. The zero-order chi connectivity index (χ0) is 31.3. The number of nitrogens with zero attached hydrogens (tertiary/aromatic N) is 6. The third-order valence-corrected chi connectivity index (χ3v) is 8.90. The lowest BCUT2D eigenvalue weighted by Crippen LogP contribution is -2.58. The number of aromatic amines is 1. The Labute approximate surface area is 259 Å². The lowest BCUT2D eigenvalue weighted by molar-refractivity contribution is -0.128. The van der Waals surface area contributed by atoms with Crippen molar-refractivity contribution in [3.8, 4) is 17.1 Å². The van der Waals surface area contributed by atoms with Crippen LogP contribution in [0.1, 0.15) is 32.8 Å². The number of benzene rings is 2. The van der Waals surface area contributed by atoms with E-state index in [-0.39, 0.29) is 46.7 Å². The number of nitrogens with one attached hydrogen (secondary N) is 1. The first kappa shape index (κ1) is 30.2. The standard InChI is InChI=1S/C32H36ClF2N7O2/c1-6-25(43)41-14-20(4)42(15-19(41)3)30-21-12-23(33)27(26-18(2)8-9-24-22(26)13-36-39-24)28(34)29(21)37-31(38-30)44-11-7-10-40-16-32(5,35)17-40/h6,8-9,12-13,19-20H,1,7,10-11,14-17H2,2-5H3,(H,36,39)/t19-,20+/m1/s1. The Morgan fingerprint density at radius 2 is 1.98 bits per heavy atom. The molecule has 0 spiro atoms. The Morgan fingerprint density at radius 1 is 1.20 bits per heavy atom. The fourth-order valence-electron chi connectivity index (χ4n) is 6.47. The second-order valence-electron chi connectivity index (χ2n) is 12.2. The van der Waals surface area contributed by atoms with Gasteiger partial charge >= 0.3 is 6.01 Å². The van der Waals surface area contributed by atoms with Crippen LogP contribution in [0.2, 0.25) is 5.02 Å². The molecule has 44 heavy (non-hydrogen) atoms. The number of alkyl halides is 1. The fourth-order valence-corrected chi connectivity index (χ4v) is 6.76. The van der Waals surface area contributed by atoms with Crippen molar-refractivity contribution >= 4 is 45.1 Å². The van der Waals surface area contributed by atoms with Crippen LogP contribution < -0.4 is 9.64 Å². The highest BCUT2D eigenvalue weighted by Gasteiger charge is 2.38. The monoisotopic (exact) mass is 623 g/mol. The zero-order valence-corrected chi connectivity index (χ0v) is 26.1. The van der Waals surface area contributed by atoms with Gasteiger partial charge in [0.2, 0.25) is 5.91 Å². The van der Waals surface area contributed by atoms with Crippen molar-refractivity contribution in [1.82, 2.24) is 30.0 Å². The molecular weight excluding hydrogens is 588 g/mol. The summed E-state index contributed by atoms with van der Waals surface area (Å²) in [6, 6.07) is 5.25. The number of piperazine rings is 1. The van der Waals surface area contributed by atoms with Crippen molar-refractivity contribution in [3.05, 3.63) is 53.5 Å². The Bertz CT molecular complexity index is 1750. The minimum Gasteiger partial charge on any atom is -0.463 e. The Balaban J connectivity index is 1.41. The van der Waals surface area contributed by atoms with Gasteiger partial charge in [-0.25, -0.2) is 8.78 Å². The molecule has 0 saturated carbocycles. The quantitative estimate of drug-likeness (QED) is 0.199. The van der Waals surface area contributed by atoms with Gasteiger partial charge in [-0.2, -0.15) is 15.1 Å². The van der Waals surface area contributed by atoms with Crippen LogP contribution in [0.25, 0.3) is 32.9 Å². The maximum absolute atomic E-state index is 16.8. The fraction of sp³-hybridized carbons (Fsp3) is 0.438. The van der Waals surface area contributed by atoms with Crippen molar-refractivity contribution in [3.63, 3.8) is 0 Å². The molecule has 9 nitrogen and oxygen atoms in total. The molecule has 232 valence electrons. The molecule has 4 aromatic rings. The number of halogens is 3. The van der Waals surface area contributed by atoms with Gasteiger partial charge in [-0.1, -0.05) is 24.2 Å². The number of ether oxygens (including phenoxy) is 1. The van der Waals surface area contributed by atoms with Crippen molar-refractivity contribution in [2.75, 3.05) is 44.2 Å². The van der Waals surface area contributed by atoms with Gasteiger partial charge < -0.3 is 14.5 Å². The summed E-state index contributed by atoms with van der Waals surface area (Å²) in [5.74, 6) is -0.239. The van der Waals surface area contributed by atoms with Gasteiger partial charge in [0.1, 0.15) is 17.0 Å². The Hall–Kier alpha value is -3.83. The van der Waals surface area contributed by atoms with E-state index in [2.05, 4.69) is 21.8 Å². The predicted octanol–water partition coefficient (Wildman–Crippen LogP) is 5.70. The van der Waals surface area contributed by atoms with Gasteiger partial charge in [0.15, 0.2) is 5.82 Å². The third-order valence-electron chi connectivity index (χ3n) is 8.60. The first-order valence-corrected chi connectivity index (χ1v) is 15.2. The van der Waals surface area contributed by atoms with Gasteiger partial charge in [0, 0.05) is 66.7 Å². The number of likely N-dealkylation sites (tertiary alicyclic amines) is 1. The van der Waals surface area contributed by atoms with Crippen LogP contribution in [0.15, 0.2) is 37.1 Å². The van der Waals surface area contributed by atoms with E-state index in [0.717, 1.165) is 16.5 Å². The van der Waals surface area contributed by atoms with Gasteiger partial charge in [-0.3, -0.25) is 14.8 Å². The van der Waals surface area contributed by atoms with E-state index in [1.54, 1.807) is 24.1 Å². The van der Waals surface area contributed by atoms with Crippen LogP contribution in [0.3, 0.4) is 0 Å². The topological polar surface area (TPSA) is 90.5 Å². The van der Waals surface area contributed by atoms with E-state index in [9.17, 15) is 9.18 Å². The first-order valence-electron chi connectivity index (χ1n) is 14.8. The molecule has 0 radical (unpaired) electrons. The summed E-state index contributed by atoms with van der Waals surface area (Å²) < 4.78 is 36.7. The second kappa shape index (κ2) is 11.6. The average molecular weight is 624 g/mol. The SMILES string of the molecule is C=CC(=O)N1C[C@H](C)N(c2nc(OCCCN3CC(C)(F)C3)nc3c(F)c(-c4c(C)ccc5[nH]ncc45)c(Cl)cc23)C[C@H]1C. The molecule has 2 aliphatic rings. The molecule has 2 atom stereocenters. The van der Waals surface area contributed by atoms with Gasteiger partial charge in [0.25, 0.3) is 0 Å². The normalized spacial score (nSPS) is 20.2. The van der Waals surface area contributed by atoms with Crippen molar-refractivity contribution in [2.45, 2.75) is 51.9 Å². The van der Waals surface area contributed by atoms with Crippen molar-refractivity contribution < 1.29 is 18.3 Å².